The van der Waals surface area contributed by atoms with Gasteiger partial charge < -0.3 is 14.7 Å². The Bertz CT molecular complexity index is 1110. The van der Waals surface area contributed by atoms with Crippen LogP contribution in [0.25, 0.3) is 0 Å². The zero-order valence-corrected chi connectivity index (χ0v) is 15.7. The Kier molecular flexibility index (Phi) is 4.47. The van der Waals surface area contributed by atoms with Crippen molar-refractivity contribution < 1.29 is 14.0 Å². The third-order valence-electron chi connectivity index (χ3n) is 5.22. The largest absolute Gasteiger partial charge is 0.469 e. The lowest BCUT2D eigenvalue weighted by atomic mass is 9.84. The van der Waals surface area contributed by atoms with Gasteiger partial charge in [-0.15, -0.1) is 0 Å². The van der Waals surface area contributed by atoms with Gasteiger partial charge in [-0.2, -0.15) is 0 Å². The molecule has 6 nitrogen and oxygen atoms in total. The summed E-state index contributed by atoms with van der Waals surface area (Å²) < 4.78 is 5.41. The van der Waals surface area contributed by atoms with Crippen LogP contribution in [0.5, 0.6) is 0 Å². The number of H-pyrrole nitrogens is 1. The minimum atomic E-state index is -0.526. The van der Waals surface area contributed by atoms with E-state index in [1.165, 1.54) is 6.07 Å². The van der Waals surface area contributed by atoms with Crippen LogP contribution in [0.15, 0.2) is 51.9 Å². The highest BCUT2D eigenvalue weighted by molar-refractivity contribution is 6.07. The average Bonchev–Trinajstić information content (AvgIpc) is 3.19. The summed E-state index contributed by atoms with van der Waals surface area (Å²) >= 11 is 0. The SMILES string of the molecule is Cc1cccc(C)c1NC(=O)c1cc2c([nH]c1=O)CC(c1ccco1)CC2=O. The first-order valence-corrected chi connectivity index (χ1v) is 9.14. The zero-order chi connectivity index (χ0) is 19.8. The molecule has 3 aromatic rings. The van der Waals surface area contributed by atoms with Gasteiger partial charge in [-0.05, 0) is 49.6 Å². The second kappa shape index (κ2) is 6.96. The number of furan rings is 1. The lowest BCUT2D eigenvalue weighted by Crippen LogP contribution is -2.29. The van der Waals surface area contributed by atoms with Crippen molar-refractivity contribution in [3.8, 4) is 0 Å². The number of anilines is 1. The topological polar surface area (TPSA) is 92.2 Å². The van der Waals surface area contributed by atoms with Crippen LogP contribution in [0.4, 0.5) is 5.69 Å². The quantitative estimate of drug-likeness (QED) is 0.728. The molecule has 2 heterocycles. The average molecular weight is 376 g/mol. The van der Waals surface area contributed by atoms with Crippen LogP contribution in [0.3, 0.4) is 0 Å². The zero-order valence-electron chi connectivity index (χ0n) is 15.7. The standard InChI is InChI=1S/C22H20N2O4/c1-12-5-3-6-13(2)20(12)24-22(27)16-11-15-17(23-21(16)26)9-14(10-18(15)25)19-7-4-8-28-19/h3-8,11,14H,9-10H2,1-2H3,(H,23,26)(H,24,27). The van der Waals surface area contributed by atoms with Crippen molar-refractivity contribution in [2.24, 2.45) is 0 Å². The van der Waals surface area contributed by atoms with E-state index >= 15 is 0 Å². The van der Waals surface area contributed by atoms with Crippen LogP contribution in [0, 0.1) is 13.8 Å². The van der Waals surface area contributed by atoms with Crippen molar-refractivity contribution in [2.45, 2.75) is 32.6 Å². The molecular weight excluding hydrogens is 356 g/mol. The molecule has 1 aromatic carbocycles. The number of aromatic nitrogens is 1. The molecule has 2 N–H and O–H groups in total. The fraction of sp³-hybridized carbons (Fsp3) is 0.227. The van der Waals surface area contributed by atoms with Gasteiger partial charge in [-0.25, -0.2) is 0 Å². The van der Waals surface area contributed by atoms with E-state index in [1.807, 2.05) is 38.1 Å². The maximum Gasteiger partial charge on any atom is 0.261 e. The Morgan fingerprint density at radius 2 is 1.86 bits per heavy atom. The lowest BCUT2D eigenvalue weighted by Gasteiger charge is -2.22. The highest BCUT2D eigenvalue weighted by Gasteiger charge is 2.30. The fourth-order valence-corrected chi connectivity index (χ4v) is 3.72. The van der Waals surface area contributed by atoms with E-state index in [0.717, 1.165) is 16.9 Å². The molecule has 1 aliphatic carbocycles. The number of hydrogen-bond donors (Lipinski definition) is 2. The number of rotatable bonds is 3. The number of fused-ring (bicyclic) bond motifs is 1. The van der Waals surface area contributed by atoms with E-state index in [1.54, 1.807) is 12.3 Å². The van der Waals surface area contributed by atoms with Crippen molar-refractivity contribution in [2.75, 3.05) is 5.32 Å². The Labute approximate surface area is 161 Å². The minimum absolute atomic E-state index is 0.0637. The minimum Gasteiger partial charge on any atom is -0.469 e. The molecule has 0 saturated heterocycles. The van der Waals surface area contributed by atoms with Gasteiger partial charge in [0.1, 0.15) is 11.3 Å². The number of aryl methyl sites for hydroxylation is 2. The molecule has 1 amide bonds. The molecule has 1 aliphatic rings. The molecule has 0 fully saturated rings. The molecule has 1 atom stereocenters. The van der Waals surface area contributed by atoms with Crippen LogP contribution >= 0.6 is 0 Å². The maximum atomic E-state index is 12.7. The van der Waals surface area contributed by atoms with E-state index < -0.39 is 11.5 Å². The highest BCUT2D eigenvalue weighted by atomic mass is 16.3. The molecule has 0 radical (unpaired) electrons. The molecule has 1 unspecified atom stereocenters. The molecule has 0 spiro atoms. The number of Topliss-reactive ketones (excluding diaryl/α,β-unsaturated/α-hetero) is 1. The van der Waals surface area contributed by atoms with Gasteiger partial charge in [-0.1, -0.05) is 18.2 Å². The Morgan fingerprint density at radius 3 is 2.54 bits per heavy atom. The van der Waals surface area contributed by atoms with Gasteiger partial charge in [0.2, 0.25) is 0 Å². The van der Waals surface area contributed by atoms with Gasteiger partial charge in [0, 0.05) is 29.3 Å². The summed E-state index contributed by atoms with van der Waals surface area (Å²) in [6.45, 7) is 3.77. The number of para-hydroxylation sites is 1. The van der Waals surface area contributed by atoms with Gasteiger partial charge in [0.05, 0.1) is 6.26 Å². The van der Waals surface area contributed by atoms with E-state index in [4.69, 9.17) is 4.42 Å². The number of ketones is 1. The third kappa shape index (κ3) is 3.17. The molecule has 4 rings (SSSR count). The van der Waals surface area contributed by atoms with Crippen molar-refractivity contribution in [3.05, 3.63) is 86.7 Å². The van der Waals surface area contributed by atoms with Gasteiger partial charge in [0.25, 0.3) is 11.5 Å². The third-order valence-corrected chi connectivity index (χ3v) is 5.22. The van der Waals surface area contributed by atoms with Crippen LogP contribution < -0.4 is 10.9 Å². The first-order chi connectivity index (χ1) is 13.4. The van der Waals surface area contributed by atoms with E-state index in [9.17, 15) is 14.4 Å². The Hall–Kier alpha value is -3.41. The van der Waals surface area contributed by atoms with Crippen LogP contribution in [-0.2, 0) is 6.42 Å². The number of carbonyl (C=O) groups is 2. The second-order valence-electron chi connectivity index (χ2n) is 7.17. The number of aromatic amines is 1. The molecule has 6 heteroatoms. The van der Waals surface area contributed by atoms with Gasteiger partial charge in [-0.3, -0.25) is 14.4 Å². The summed E-state index contributed by atoms with van der Waals surface area (Å²) in [5.41, 5.74) is 2.86. The molecule has 0 saturated carbocycles. The van der Waals surface area contributed by atoms with Gasteiger partial charge in [0.15, 0.2) is 5.78 Å². The van der Waals surface area contributed by atoms with E-state index in [-0.39, 0.29) is 23.7 Å². The van der Waals surface area contributed by atoms with Crippen LogP contribution in [0.2, 0.25) is 0 Å². The molecule has 0 bridgehead atoms. The number of nitrogens with one attached hydrogen (secondary N) is 2. The first-order valence-electron chi connectivity index (χ1n) is 9.14. The first kappa shape index (κ1) is 18.0. The summed E-state index contributed by atoms with van der Waals surface area (Å²) in [7, 11) is 0. The molecule has 142 valence electrons. The second-order valence-corrected chi connectivity index (χ2v) is 7.17. The monoisotopic (exact) mass is 376 g/mol. The number of benzene rings is 1. The van der Waals surface area contributed by atoms with Crippen LogP contribution in [-0.4, -0.2) is 16.7 Å². The Morgan fingerprint density at radius 1 is 1.11 bits per heavy atom. The summed E-state index contributed by atoms with van der Waals surface area (Å²) in [5.74, 6) is -0.0286. The van der Waals surface area contributed by atoms with Crippen LogP contribution in [0.1, 0.15) is 55.6 Å². The fourth-order valence-electron chi connectivity index (χ4n) is 3.72. The van der Waals surface area contributed by atoms with Crippen molar-refractivity contribution >= 4 is 17.4 Å². The lowest BCUT2D eigenvalue weighted by molar-refractivity contribution is 0.0959. The molecule has 28 heavy (non-hydrogen) atoms. The molecule has 2 aromatic heterocycles. The van der Waals surface area contributed by atoms with Crippen molar-refractivity contribution in [3.63, 3.8) is 0 Å². The van der Waals surface area contributed by atoms with Crippen molar-refractivity contribution in [1.82, 2.24) is 4.98 Å². The van der Waals surface area contributed by atoms with E-state index in [0.29, 0.717) is 23.4 Å². The maximum absolute atomic E-state index is 12.7. The predicted octanol–water partition coefficient (Wildman–Crippen LogP) is 3.75. The number of pyridine rings is 1. The summed E-state index contributed by atoms with van der Waals surface area (Å²) in [6.07, 6.45) is 2.34. The predicted molar refractivity (Wildman–Crippen MR) is 105 cm³/mol. The summed E-state index contributed by atoms with van der Waals surface area (Å²) in [4.78, 5) is 40.7. The van der Waals surface area contributed by atoms with E-state index in [2.05, 4.69) is 10.3 Å². The number of carbonyl (C=O) groups excluding carboxylic acids is 2. The Balaban J connectivity index is 1.66. The number of amides is 1. The number of hydrogen-bond acceptors (Lipinski definition) is 4. The molecule has 0 aliphatic heterocycles. The highest BCUT2D eigenvalue weighted by Crippen LogP contribution is 2.32. The van der Waals surface area contributed by atoms with Crippen molar-refractivity contribution in [1.29, 1.82) is 0 Å². The molecular formula is C22H20N2O4. The smallest absolute Gasteiger partial charge is 0.261 e. The normalized spacial score (nSPS) is 15.9. The summed E-state index contributed by atoms with van der Waals surface area (Å²) in [6, 6.07) is 10.7. The van der Waals surface area contributed by atoms with Gasteiger partial charge >= 0.3 is 0 Å². The summed E-state index contributed by atoms with van der Waals surface area (Å²) in [5, 5.41) is 2.80.